The van der Waals surface area contributed by atoms with Gasteiger partial charge < -0.3 is 10.1 Å². The summed E-state index contributed by atoms with van der Waals surface area (Å²) in [7, 11) is 0. The molecule has 3 rings (SSSR count). The second kappa shape index (κ2) is 5.79. The number of ketones is 1. The van der Waals surface area contributed by atoms with Crippen LogP contribution in [0.25, 0.3) is 0 Å². The third-order valence-corrected chi connectivity index (χ3v) is 3.98. The van der Waals surface area contributed by atoms with E-state index in [1.807, 2.05) is 10.9 Å². The van der Waals surface area contributed by atoms with E-state index >= 15 is 0 Å². The van der Waals surface area contributed by atoms with E-state index in [1.54, 1.807) is 0 Å². The zero-order valence-electron chi connectivity index (χ0n) is 11.0. The number of carbonyl (C=O) groups excluding carboxylic acids is 1. The average molecular weight is 264 g/mol. The lowest BCUT2D eigenvalue weighted by Crippen LogP contribution is -2.29. The molecule has 2 aliphatic rings. The number of hydrogen-bond acceptors (Lipinski definition) is 5. The summed E-state index contributed by atoms with van der Waals surface area (Å²) < 4.78 is 7.22. The smallest absolute Gasteiger partial charge is 0.190 e. The maximum atomic E-state index is 12.3. The summed E-state index contributed by atoms with van der Waals surface area (Å²) in [6.07, 6.45) is 5.76. The summed E-state index contributed by atoms with van der Waals surface area (Å²) in [4.78, 5) is 12.3. The van der Waals surface area contributed by atoms with Crippen LogP contribution >= 0.6 is 0 Å². The van der Waals surface area contributed by atoms with Gasteiger partial charge >= 0.3 is 0 Å². The van der Waals surface area contributed by atoms with Gasteiger partial charge in [0.25, 0.3) is 0 Å². The number of nitrogens with zero attached hydrogens (tertiary/aromatic N) is 3. The first-order valence-electron chi connectivity index (χ1n) is 7.09. The topological polar surface area (TPSA) is 69.0 Å². The fourth-order valence-electron chi connectivity index (χ4n) is 2.80. The molecule has 19 heavy (non-hydrogen) atoms. The highest BCUT2D eigenvalue weighted by molar-refractivity contribution is 5.95. The van der Waals surface area contributed by atoms with Crippen molar-refractivity contribution >= 4 is 5.78 Å². The van der Waals surface area contributed by atoms with E-state index < -0.39 is 0 Å². The SMILES string of the molecule is O=C(c1cn(C2CCNCC2)nn1)C1CCCOC1. The van der Waals surface area contributed by atoms with Gasteiger partial charge in [0.2, 0.25) is 0 Å². The highest BCUT2D eigenvalue weighted by atomic mass is 16.5. The van der Waals surface area contributed by atoms with Crippen molar-refractivity contribution in [3.05, 3.63) is 11.9 Å². The Balaban J connectivity index is 1.67. The average Bonchev–Trinajstić information content (AvgIpc) is 2.98. The van der Waals surface area contributed by atoms with Gasteiger partial charge in [-0.1, -0.05) is 5.21 Å². The molecule has 1 aromatic rings. The monoisotopic (exact) mass is 264 g/mol. The summed E-state index contributed by atoms with van der Waals surface area (Å²) in [5.74, 6) is 0.0480. The molecule has 2 aliphatic heterocycles. The van der Waals surface area contributed by atoms with Crippen molar-refractivity contribution in [2.45, 2.75) is 31.7 Å². The first kappa shape index (κ1) is 12.7. The first-order chi connectivity index (χ1) is 9.34. The Morgan fingerprint density at radius 2 is 2.21 bits per heavy atom. The van der Waals surface area contributed by atoms with Crippen molar-refractivity contribution in [3.63, 3.8) is 0 Å². The molecular weight excluding hydrogens is 244 g/mol. The Morgan fingerprint density at radius 3 is 2.95 bits per heavy atom. The number of piperidine rings is 1. The highest BCUT2D eigenvalue weighted by Crippen LogP contribution is 2.20. The van der Waals surface area contributed by atoms with Crippen molar-refractivity contribution in [2.75, 3.05) is 26.3 Å². The van der Waals surface area contributed by atoms with Crippen molar-refractivity contribution in [2.24, 2.45) is 5.92 Å². The van der Waals surface area contributed by atoms with Crippen LogP contribution in [0.15, 0.2) is 6.20 Å². The number of rotatable bonds is 3. The van der Waals surface area contributed by atoms with Gasteiger partial charge in [0.05, 0.1) is 18.8 Å². The van der Waals surface area contributed by atoms with Gasteiger partial charge in [-0.25, -0.2) is 4.68 Å². The summed E-state index contributed by atoms with van der Waals surface area (Å²) in [6, 6.07) is 0.373. The lowest BCUT2D eigenvalue weighted by atomic mass is 9.96. The summed E-state index contributed by atoms with van der Waals surface area (Å²) in [5, 5.41) is 11.5. The molecule has 1 atom stereocenters. The molecule has 0 amide bonds. The van der Waals surface area contributed by atoms with Gasteiger partial charge in [-0.05, 0) is 38.8 Å². The van der Waals surface area contributed by atoms with E-state index in [2.05, 4.69) is 15.6 Å². The van der Waals surface area contributed by atoms with Crippen molar-refractivity contribution in [1.29, 1.82) is 0 Å². The summed E-state index contributed by atoms with van der Waals surface area (Å²) >= 11 is 0. The van der Waals surface area contributed by atoms with Crippen LogP contribution in [0.4, 0.5) is 0 Å². The van der Waals surface area contributed by atoms with Crippen molar-refractivity contribution in [3.8, 4) is 0 Å². The quantitative estimate of drug-likeness (QED) is 0.818. The van der Waals surface area contributed by atoms with Crippen molar-refractivity contribution in [1.82, 2.24) is 20.3 Å². The molecule has 0 aromatic carbocycles. The van der Waals surface area contributed by atoms with Crippen LogP contribution in [-0.4, -0.2) is 47.1 Å². The molecule has 0 radical (unpaired) electrons. The number of aromatic nitrogens is 3. The van der Waals surface area contributed by atoms with Crippen LogP contribution < -0.4 is 5.32 Å². The molecule has 104 valence electrons. The predicted octanol–water partition coefficient (Wildman–Crippen LogP) is 0.812. The van der Waals surface area contributed by atoms with Gasteiger partial charge in [-0.3, -0.25) is 4.79 Å². The van der Waals surface area contributed by atoms with E-state index in [9.17, 15) is 4.79 Å². The van der Waals surface area contributed by atoms with E-state index in [0.717, 1.165) is 45.4 Å². The lowest BCUT2D eigenvalue weighted by Gasteiger charge is -2.22. The molecule has 1 aromatic heterocycles. The molecule has 3 heterocycles. The fourth-order valence-corrected chi connectivity index (χ4v) is 2.80. The fraction of sp³-hybridized carbons (Fsp3) is 0.769. The Bertz CT molecular complexity index is 434. The highest BCUT2D eigenvalue weighted by Gasteiger charge is 2.26. The van der Waals surface area contributed by atoms with Gasteiger partial charge in [0.15, 0.2) is 5.78 Å². The largest absolute Gasteiger partial charge is 0.381 e. The molecule has 0 saturated carbocycles. The molecule has 0 spiro atoms. The Morgan fingerprint density at radius 1 is 1.37 bits per heavy atom. The maximum Gasteiger partial charge on any atom is 0.190 e. The summed E-state index contributed by atoms with van der Waals surface area (Å²) in [6.45, 7) is 3.30. The van der Waals surface area contributed by atoms with Gasteiger partial charge in [0, 0.05) is 12.5 Å². The van der Waals surface area contributed by atoms with Crippen LogP contribution in [-0.2, 0) is 4.74 Å². The number of carbonyl (C=O) groups is 1. The normalized spacial score (nSPS) is 25.4. The predicted molar refractivity (Wildman–Crippen MR) is 69.0 cm³/mol. The minimum atomic E-state index is -0.0353. The van der Waals surface area contributed by atoms with Gasteiger partial charge in [0.1, 0.15) is 5.69 Å². The Labute approximate surface area is 112 Å². The lowest BCUT2D eigenvalue weighted by molar-refractivity contribution is 0.0458. The first-order valence-corrected chi connectivity index (χ1v) is 7.09. The third-order valence-electron chi connectivity index (χ3n) is 3.98. The van der Waals surface area contributed by atoms with Crippen molar-refractivity contribution < 1.29 is 9.53 Å². The minimum Gasteiger partial charge on any atom is -0.381 e. The number of nitrogens with one attached hydrogen (secondary N) is 1. The second-order valence-electron chi connectivity index (χ2n) is 5.34. The van der Waals surface area contributed by atoms with Gasteiger partial charge in [-0.15, -0.1) is 5.10 Å². The third kappa shape index (κ3) is 2.84. The maximum absolute atomic E-state index is 12.3. The molecule has 1 N–H and O–H groups in total. The zero-order valence-corrected chi connectivity index (χ0v) is 11.0. The number of hydrogen-bond donors (Lipinski definition) is 1. The minimum absolute atomic E-state index is 0.0353. The van der Waals surface area contributed by atoms with Crippen LogP contribution in [0.3, 0.4) is 0 Å². The zero-order chi connectivity index (χ0) is 13.1. The molecule has 2 saturated heterocycles. The molecule has 2 fully saturated rings. The molecule has 1 unspecified atom stereocenters. The van der Waals surface area contributed by atoms with Crippen LogP contribution in [0, 0.1) is 5.92 Å². The van der Waals surface area contributed by atoms with E-state index in [0.29, 0.717) is 18.3 Å². The molecule has 6 nitrogen and oxygen atoms in total. The number of ether oxygens (including phenoxy) is 1. The standard InChI is InChI=1S/C13H20N4O2/c18-13(10-2-1-7-19-9-10)12-8-17(16-15-12)11-3-5-14-6-4-11/h8,10-11,14H,1-7,9H2. The Hall–Kier alpha value is -1.27. The van der Waals surface area contributed by atoms with E-state index in [-0.39, 0.29) is 11.7 Å². The molecule has 0 aliphatic carbocycles. The summed E-state index contributed by atoms with van der Waals surface area (Å²) in [5.41, 5.74) is 0.494. The van der Waals surface area contributed by atoms with Crippen LogP contribution in [0.2, 0.25) is 0 Å². The molecule has 0 bridgehead atoms. The van der Waals surface area contributed by atoms with E-state index in [1.165, 1.54) is 0 Å². The number of Topliss-reactive ketones (excluding diaryl/α,β-unsaturated/α-hetero) is 1. The second-order valence-corrected chi connectivity index (χ2v) is 5.34. The van der Waals surface area contributed by atoms with Gasteiger partial charge in [-0.2, -0.15) is 0 Å². The Kier molecular flexibility index (Phi) is 3.89. The molecule has 6 heteroatoms. The van der Waals surface area contributed by atoms with Crippen LogP contribution in [0.1, 0.15) is 42.2 Å². The molecular formula is C13H20N4O2. The van der Waals surface area contributed by atoms with Crippen LogP contribution in [0.5, 0.6) is 0 Å². The van der Waals surface area contributed by atoms with E-state index in [4.69, 9.17) is 4.74 Å².